The third kappa shape index (κ3) is 3.08. The van der Waals surface area contributed by atoms with Crippen molar-refractivity contribution in [3.05, 3.63) is 11.9 Å². The van der Waals surface area contributed by atoms with E-state index >= 15 is 0 Å². The SMILES string of the molecule is O=C(c1cn(C2CCNCC2)nn1)C1CCCCCC1. The monoisotopic (exact) mass is 276 g/mol. The summed E-state index contributed by atoms with van der Waals surface area (Å²) in [6.07, 6.45) is 11.0. The van der Waals surface area contributed by atoms with E-state index in [1.165, 1.54) is 25.7 Å². The molecule has 5 heteroatoms. The van der Waals surface area contributed by atoms with E-state index in [2.05, 4.69) is 15.6 Å². The molecular weight excluding hydrogens is 252 g/mol. The molecule has 1 aromatic heterocycles. The highest BCUT2D eigenvalue weighted by molar-refractivity contribution is 5.95. The minimum atomic E-state index is 0.177. The minimum Gasteiger partial charge on any atom is -0.317 e. The molecule has 2 heterocycles. The summed E-state index contributed by atoms with van der Waals surface area (Å²) in [6.45, 7) is 2.05. The molecule has 1 saturated carbocycles. The number of carbonyl (C=O) groups is 1. The smallest absolute Gasteiger partial charge is 0.187 e. The van der Waals surface area contributed by atoms with Gasteiger partial charge in [-0.1, -0.05) is 30.9 Å². The van der Waals surface area contributed by atoms with Gasteiger partial charge in [0.1, 0.15) is 5.69 Å². The number of hydrogen-bond acceptors (Lipinski definition) is 4. The van der Waals surface area contributed by atoms with E-state index < -0.39 is 0 Å². The van der Waals surface area contributed by atoms with Gasteiger partial charge in [0.15, 0.2) is 5.78 Å². The quantitative estimate of drug-likeness (QED) is 0.680. The first kappa shape index (κ1) is 13.7. The Morgan fingerprint density at radius 2 is 1.80 bits per heavy atom. The molecule has 0 atom stereocenters. The molecular formula is C15H24N4O. The molecule has 2 aliphatic rings. The van der Waals surface area contributed by atoms with Gasteiger partial charge in [0.05, 0.1) is 12.2 Å². The molecule has 0 amide bonds. The van der Waals surface area contributed by atoms with Crippen molar-refractivity contribution >= 4 is 5.78 Å². The van der Waals surface area contributed by atoms with Gasteiger partial charge in [0.25, 0.3) is 0 Å². The van der Waals surface area contributed by atoms with E-state index in [1.807, 2.05) is 10.9 Å². The molecule has 1 aliphatic carbocycles. The zero-order chi connectivity index (χ0) is 13.8. The van der Waals surface area contributed by atoms with E-state index in [9.17, 15) is 4.79 Å². The molecule has 0 unspecified atom stereocenters. The largest absolute Gasteiger partial charge is 0.317 e. The molecule has 1 N–H and O–H groups in total. The highest BCUT2D eigenvalue weighted by atomic mass is 16.1. The minimum absolute atomic E-state index is 0.177. The lowest BCUT2D eigenvalue weighted by Crippen LogP contribution is -2.29. The van der Waals surface area contributed by atoms with Gasteiger partial charge in [-0.25, -0.2) is 4.68 Å². The van der Waals surface area contributed by atoms with Crippen LogP contribution in [0, 0.1) is 5.92 Å². The van der Waals surface area contributed by atoms with Crippen molar-refractivity contribution in [2.75, 3.05) is 13.1 Å². The normalized spacial score (nSPS) is 22.6. The summed E-state index contributed by atoms with van der Waals surface area (Å²) in [5.74, 6) is 0.391. The standard InChI is InChI=1S/C15H24N4O/c20-15(12-5-3-1-2-4-6-12)14-11-19(18-17-14)13-7-9-16-10-8-13/h11-13,16H,1-10H2. The lowest BCUT2D eigenvalue weighted by Gasteiger charge is -2.22. The summed E-state index contributed by atoms with van der Waals surface area (Å²) < 4.78 is 1.91. The van der Waals surface area contributed by atoms with Crippen LogP contribution in [0.5, 0.6) is 0 Å². The predicted molar refractivity (Wildman–Crippen MR) is 76.7 cm³/mol. The molecule has 20 heavy (non-hydrogen) atoms. The van der Waals surface area contributed by atoms with Crippen LogP contribution >= 0.6 is 0 Å². The van der Waals surface area contributed by atoms with Crippen LogP contribution in [0.25, 0.3) is 0 Å². The number of carbonyl (C=O) groups excluding carboxylic acids is 1. The average Bonchev–Trinajstić information content (AvgIpc) is 2.83. The number of rotatable bonds is 3. The van der Waals surface area contributed by atoms with E-state index in [1.54, 1.807) is 0 Å². The Morgan fingerprint density at radius 1 is 1.10 bits per heavy atom. The lowest BCUT2D eigenvalue weighted by atomic mass is 9.94. The maximum absolute atomic E-state index is 12.5. The fraction of sp³-hybridized carbons (Fsp3) is 0.800. The Bertz CT molecular complexity index is 442. The van der Waals surface area contributed by atoms with Gasteiger partial charge >= 0.3 is 0 Å². The van der Waals surface area contributed by atoms with Crippen LogP contribution in [0.4, 0.5) is 0 Å². The lowest BCUT2D eigenvalue weighted by molar-refractivity contribution is 0.0902. The average molecular weight is 276 g/mol. The van der Waals surface area contributed by atoms with Gasteiger partial charge in [-0.15, -0.1) is 5.10 Å². The highest BCUT2D eigenvalue weighted by Crippen LogP contribution is 2.26. The number of piperidine rings is 1. The van der Waals surface area contributed by atoms with E-state index in [0.717, 1.165) is 38.8 Å². The number of ketones is 1. The van der Waals surface area contributed by atoms with E-state index in [-0.39, 0.29) is 11.7 Å². The maximum atomic E-state index is 12.5. The van der Waals surface area contributed by atoms with Crippen molar-refractivity contribution in [1.82, 2.24) is 20.3 Å². The Morgan fingerprint density at radius 3 is 2.50 bits per heavy atom. The Balaban J connectivity index is 1.67. The molecule has 2 fully saturated rings. The summed E-state index contributed by atoms with van der Waals surface area (Å²) in [5, 5.41) is 11.7. The Labute approximate surface area is 120 Å². The Hall–Kier alpha value is -1.23. The fourth-order valence-corrected chi connectivity index (χ4v) is 3.39. The van der Waals surface area contributed by atoms with Gasteiger partial charge in [0.2, 0.25) is 0 Å². The summed E-state index contributed by atoms with van der Waals surface area (Å²) in [5.41, 5.74) is 0.579. The zero-order valence-electron chi connectivity index (χ0n) is 12.1. The summed E-state index contributed by atoms with van der Waals surface area (Å²) in [6, 6.07) is 0.402. The van der Waals surface area contributed by atoms with E-state index in [4.69, 9.17) is 0 Å². The Kier molecular flexibility index (Phi) is 4.45. The fourth-order valence-electron chi connectivity index (χ4n) is 3.39. The molecule has 5 nitrogen and oxygen atoms in total. The second-order valence-electron chi connectivity index (χ2n) is 6.12. The molecule has 0 bridgehead atoms. The second-order valence-corrected chi connectivity index (χ2v) is 6.12. The first-order chi connectivity index (χ1) is 9.84. The van der Waals surface area contributed by atoms with Crippen molar-refractivity contribution in [2.24, 2.45) is 5.92 Å². The first-order valence-electron chi connectivity index (χ1n) is 8.01. The maximum Gasteiger partial charge on any atom is 0.187 e. The van der Waals surface area contributed by atoms with Crippen molar-refractivity contribution in [2.45, 2.75) is 57.4 Å². The number of aromatic nitrogens is 3. The van der Waals surface area contributed by atoms with Crippen LogP contribution in [0.15, 0.2) is 6.20 Å². The molecule has 0 radical (unpaired) electrons. The number of nitrogens with zero attached hydrogens (tertiary/aromatic N) is 3. The summed E-state index contributed by atoms with van der Waals surface area (Å²) in [7, 11) is 0. The highest BCUT2D eigenvalue weighted by Gasteiger charge is 2.25. The van der Waals surface area contributed by atoms with Gasteiger partial charge in [0, 0.05) is 5.92 Å². The molecule has 0 aromatic carbocycles. The summed E-state index contributed by atoms with van der Waals surface area (Å²) >= 11 is 0. The third-order valence-corrected chi connectivity index (χ3v) is 4.67. The molecule has 1 saturated heterocycles. The van der Waals surface area contributed by atoms with Crippen LogP contribution < -0.4 is 5.32 Å². The number of hydrogen-bond donors (Lipinski definition) is 1. The number of nitrogens with one attached hydrogen (secondary N) is 1. The third-order valence-electron chi connectivity index (χ3n) is 4.67. The molecule has 1 aromatic rings. The van der Waals surface area contributed by atoms with Crippen LogP contribution in [-0.2, 0) is 0 Å². The molecule has 110 valence electrons. The molecule has 1 aliphatic heterocycles. The van der Waals surface area contributed by atoms with Gasteiger partial charge in [-0.05, 0) is 38.8 Å². The predicted octanol–water partition coefficient (Wildman–Crippen LogP) is 2.36. The van der Waals surface area contributed by atoms with Gasteiger partial charge in [-0.3, -0.25) is 4.79 Å². The van der Waals surface area contributed by atoms with Crippen LogP contribution in [0.1, 0.15) is 67.9 Å². The second kappa shape index (κ2) is 6.48. The van der Waals surface area contributed by atoms with Crippen molar-refractivity contribution < 1.29 is 4.79 Å². The first-order valence-corrected chi connectivity index (χ1v) is 8.01. The van der Waals surface area contributed by atoms with Crippen LogP contribution in [0.2, 0.25) is 0 Å². The van der Waals surface area contributed by atoms with Gasteiger partial charge in [-0.2, -0.15) is 0 Å². The van der Waals surface area contributed by atoms with Crippen LogP contribution in [-0.4, -0.2) is 33.9 Å². The topological polar surface area (TPSA) is 59.8 Å². The van der Waals surface area contributed by atoms with Crippen LogP contribution in [0.3, 0.4) is 0 Å². The number of Topliss-reactive ketones (excluding diaryl/α,β-unsaturated/α-hetero) is 1. The molecule has 0 spiro atoms. The van der Waals surface area contributed by atoms with E-state index in [0.29, 0.717) is 11.7 Å². The molecule has 3 rings (SSSR count). The summed E-state index contributed by atoms with van der Waals surface area (Å²) in [4.78, 5) is 12.5. The van der Waals surface area contributed by atoms with Crippen molar-refractivity contribution in [3.8, 4) is 0 Å². The van der Waals surface area contributed by atoms with Gasteiger partial charge < -0.3 is 5.32 Å². The van der Waals surface area contributed by atoms with Crippen molar-refractivity contribution in [1.29, 1.82) is 0 Å². The van der Waals surface area contributed by atoms with Crippen molar-refractivity contribution in [3.63, 3.8) is 0 Å². The zero-order valence-corrected chi connectivity index (χ0v) is 12.1.